The number of alkyl carbamates (subject to hydrolysis) is 1. The minimum atomic E-state index is -2.94. The van der Waals surface area contributed by atoms with Crippen LogP contribution in [0.5, 0.6) is 5.75 Å². The summed E-state index contributed by atoms with van der Waals surface area (Å²) in [6.07, 6.45) is 8.72. The van der Waals surface area contributed by atoms with Crippen LogP contribution in [0.2, 0.25) is 0 Å². The van der Waals surface area contributed by atoms with Crippen LogP contribution < -0.4 is 15.0 Å². The van der Waals surface area contributed by atoms with Gasteiger partial charge in [0, 0.05) is 25.3 Å². The van der Waals surface area contributed by atoms with E-state index in [9.17, 15) is 18.0 Å². The average Bonchev–Trinajstić information content (AvgIpc) is 2.84. The standard InChI is InChI=1S/C26H42N2O6S/c1-3-5-6-7-8-9-10-11-12-24(25(29)34-26(30)27-17-4-2)33-23-15-13-22(14-16-23)28-18-20-35(31,32)21-19-28/h13-16,24H,3-12,17-21H2,1-2H3,(H,27,30). The van der Waals surface area contributed by atoms with E-state index in [1.165, 1.54) is 32.1 Å². The zero-order chi connectivity index (χ0) is 25.5. The number of nitrogens with one attached hydrogen (secondary N) is 1. The summed E-state index contributed by atoms with van der Waals surface area (Å²) < 4.78 is 34.3. The minimum absolute atomic E-state index is 0.151. The number of carbonyl (C=O) groups excluding carboxylic acids is 2. The Hall–Kier alpha value is -2.29. The molecule has 0 bridgehead atoms. The molecule has 1 heterocycles. The fourth-order valence-corrected chi connectivity index (χ4v) is 5.18. The van der Waals surface area contributed by atoms with Crippen molar-refractivity contribution < 1.29 is 27.5 Å². The van der Waals surface area contributed by atoms with Gasteiger partial charge in [-0.3, -0.25) is 0 Å². The van der Waals surface area contributed by atoms with Gasteiger partial charge in [-0.05, 0) is 43.5 Å². The number of unbranched alkanes of at least 4 members (excludes halogenated alkanes) is 7. The first-order valence-electron chi connectivity index (χ1n) is 13.1. The number of esters is 1. The van der Waals surface area contributed by atoms with Gasteiger partial charge in [0.25, 0.3) is 0 Å². The smallest absolute Gasteiger partial charge is 0.414 e. The molecule has 0 aromatic heterocycles. The lowest BCUT2D eigenvalue weighted by atomic mass is 10.1. The Morgan fingerprint density at radius 2 is 1.51 bits per heavy atom. The average molecular weight is 511 g/mol. The molecule has 8 nitrogen and oxygen atoms in total. The van der Waals surface area contributed by atoms with Crippen molar-refractivity contribution in [2.75, 3.05) is 36.0 Å². The van der Waals surface area contributed by atoms with Gasteiger partial charge < -0.3 is 19.7 Å². The lowest BCUT2D eigenvalue weighted by Gasteiger charge is -2.29. The molecule has 9 heteroatoms. The first-order chi connectivity index (χ1) is 16.8. The Morgan fingerprint density at radius 3 is 2.11 bits per heavy atom. The van der Waals surface area contributed by atoms with Crippen molar-refractivity contribution >= 4 is 27.6 Å². The van der Waals surface area contributed by atoms with Crippen LogP contribution in [-0.2, 0) is 19.4 Å². The Kier molecular flexibility index (Phi) is 12.9. The van der Waals surface area contributed by atoms with Gasteiger partial charge >= 0.3 is 12.1 Å². The second kappa shape index (κ2) is 15.7. The Morgan fingerprint density at radius 1 is 0.914 bits per heavy atom. The number of benzene rings is 1. The summed E-state index contributed by atoms with van der Waals surface area (Å²) in [4.78, 5) is 26.6. The molecule has 0 aliphatic carbocycles. The number of rotatable bonds is 15. The molecule has 35 heavy (non-hydrogen) atoms. The van der Waals surface area contributed by atoms with E-state index in [0.717, 1.165) is 31.4 Å². The molecule has 1 aliphatic rings. The van der Waals surface area contributed by atoms with Crippen LogP contribution in [-0.4, -0.2) is 57.7 Å². The summed E-state index contributed by atoms with van der Waals surface area (Å²) in [7, 11) is -2.94. The van der Waals surface area contributed by atoms with E-state index in [0.29, 0.717) is 31.8 Å². The Bertz CT molecular complexity index is 858. The molecule has 1 aliphatic heterocycles. The summed E-state index contributed by atoms with van der Waals surface area (Å²) in [5, 5.41) is 2.55. The topological polar surface area (TPSA) is 102 Å². The van der Waals surface area contributed by atoms with Gasteiger partial charge in [0.15, 0.2) is 15.9 Å². The number of hydrogen-bond donors (Lipinski definition) is 1. The van der Waals surface area contributed by atoms with Crippen LogP contribution in [0.3, 0.4) is 0 Å². The van der Waals surface area contributed by atoms with Crippen molar-refractivity contribution in [1.82, 2.24) is 5.32 Å². The molecule has 1 fully saturated rings. The minimum Gasteiger partial charge on any atom is -0.479 e. The van der Waals surface area contributed by atoms with Crippen LogP contribution >= 0.6 is 0 Å². The number of anilines is 1. The van der Waals surface area contributed by atoms with Gasteiger partial charge in [-0.2, -0.15) is 0 Å². The first-order valence-corrected chi connectivity index (χ1v) is 14.9. The predicted molar refractivity (Wildman–Crippen MR) is 139 cm³/mol. The first kappa shape index (κ1) is 28.9. The van der Waals surface area contributed by atoms with Crippen molar-refractivity contribution in [3.05, 3.63) is 24.3 Å². The van der Waals surface area contributed by atoms with Crippen molar-refractivity contribution in [3.8, 4) is 5.75 Å². The molecule has 1 aromatic rings. The van der Waals surface area contributed by atoms with E-state index in [2.05, 4.69) is 12.2 Å². The van der Waals surface area contributed by atoms with Crippen LogP contribution in [0.25, 0.3) is 0 Å². The lowest BCUT2D eigenvalue weighted by molar-refractivity contribution is -0.145. The molecule has 198 valence electrons. The molecule has 1 N–H and O–H groups in total. The maximum atomic E-state index is 12.7. The summed E-state index contributed by atoms with van der Waals surface area (Å²) in [5.74, 6) is 0.121. The summed E-state index contributed by atoms with van der Waals surface area (Å²) >= 11 is 0. The summed E-state index contributed by atoms with van der Waals surface area (Å²) in [6, 6.07) is 7.26. The van der Waals surface area contributed by atoms with Crippen LogP contribution in [0, 0.1) is 0 Å². The molecule has 2 rings (SSSR count). The summed E-state index contributed by atoms with van der Waals surface area (Å²) in [6.45, 7) is 5.48. The highest BCUT2D eigenvalue weighted by atomic mass is 32.2. The van der Waals surface area contributed by atoms with E-state index >= 15 is 0 Å². The number of sulfone groups is 1. The number of ether oxygens (including phenoxy) is 2. The van der Waals surface area contributed by atoms with Crippen LogP contribution in [0.4, 0.5) is 10.5 Å². The highest BCUT2D eigenvalue weighted by molar-refractivity contribution is 7.91. The zero-order valence-corrected chi connectivity index (χ0v) is 22.1. The van der Waals surface area contributed by atoms with Gasteiger partial charge in [-0.25, -0.2) is 18.0 Å². The number of hydrogen-bond acceptors (Lipinski definition) is 7. The quantitative estimate of drug-likeness (QED) is 0.204. The van der Waals surface area contributed by atoms with Crippen molar-refractivity contribution in [2.24, 2.45) is 0 Å². The van der Waals surface area contributed by atoms with E-state index in [1.54, 1.807) is 12.1 Å². The summed E-state index contributed by atoms with van der Waals surface area (Å²) in [5.41, 5.74) is 0.911. The normalized spacial score (nSPS) is 15.9. The molecule has 1 atom stereocenters. The van der Waals surface area contributed by atoms with Crippen LogP contribution in [0.15, 0.2) is 24.3 Å². The van der Waals surface area contributed by atoms with E-state index in [4.69, 9.17) is 9.47 Å². The second-order valence-electron chi connectivity index (χ2n) is 9.14. The predicted octanol–water partition coefficient (Wildman–Crippen LogP) is 4.86. The number of carbonyl (C=O) groups is 2. The van der Waals surface area contributed by atoms with Gasteiger partial charge in [0.2, 0.25) is 0 Å². The SMILES string of the molecule is CCCCCCCCCCC(Oc1ccc(N2CCS(=O)(=O)CC2)cc1)C(=O)OC(=O)NCCC. The zero-order valence-electron chi connectivity index (χ0n) is 21.3. The Labute approximate surface area is 210 Å². The molecule has 1 aromatic carbocycles. The molecule has 0 radical (unpaired) electrons. The third-order valence-electron chi connectivity index (χ3n) is 6.12. The van der Waals surface area contributed by atoms with E-state index in [-0.39, 0.29) is 11.5 Å². The number of amides is 1. The largest absolute Gasteiger partial charge is 0.479 e. The maximum Gasteiger partial charge on any atom is 0.414 e. The second-order valence-corrected chi connectivity index (χ2v) is 11.4. The third-order valence-corrected chi connectivity index (χ3v) is 7.73. The van der Waals surface area contributed by atoms with E-state index in [1.807, 2.05) is 24.0 Å². The molecule has 0 saturated carbocycles. The van der Waals surface area contributed by atoms with Gasteiger partial charge in [-0.1, -0.05) is 58.8 Å². The number of nitrogens with zero attached hydrogens (tertiary/aromatic N) is 1. The maximum absolute atomic E-state index is 12.7. The highest BCUT2D eigenvalue weighted by Gasteiger charge is 2.25. The van der Waals surface area contributed by atoms with Crippen molar-refractivity contribution in [3.63, 3.8) is 0 Å². The lowest BCUT2D eigenvalue weighted by Crippen LogP contribution is -2.40. The van der Waals surface area contributed by atoms with Crippen molar-refractivity contribution in [1.29, 1.82) is 0 Å². The molecule has 1 unspecified atom stereocenters. The molecular weight excluding hydrogens is 468 g/mol. The third kappa shape index (κ3) is 11.3. The molecular formula is C26H42N2O6S. The monoisotopic (exact) mass is 510 g/mol. The van der Waals surface area contributed by atoms with Gasteiger partial charge in [0.1, 0.15) is 5.75 Å². The van der Waals surface area contributed by atoms with Gasteiger partial charge in [0.05, 0.1) is 11.5 Å². The fourth-order valence-electron chi connectivity index (χ4n) is 3.98. The van der Waals surface area contributed by atoms with Crippen LogP contribution in [0.1, 0.15) is 78.1 Å². The fraction of sp³-hybridized carbons (Fsp3) is 0.692. The van der Waals surface area contributed by atoms with E-state index < -0.39 is 28.0 Å². The molecule has 0 spiro atoms. The highest BCUT2D eigenvalue weighted by Crippen LogP contribution is 2.23. The molecule has 1 amide bonds. The Balaban J connectivity index is 1.91. The molecule has 1 saturated heterocycles. The van der Waals surface area contributed by atoms with Crippen molar-refractivity contribution in [2.45, 2.75) is 84.2 Å². The van der Waals surface area contributed by atoms with Gasteiger partial charge in [-0.15, -0.1) is 0 Å².